The molecule has 0 saturated heterocycles. The van der Waals surface area contributed by atoms with E-state index in [-0.39, 0.29) is 24.0 Å². The molecule has 2 heterocycles. The molecule has 10 heteroatoms. The number of amides is 2. The van der Waals surface area contributed by atoms with Gasteiger partial charge < -0.3 is 19.8 Å². The number of thiophene rings is 1. The van der Waals surface area contributed by atoms with Crippen molar-refractivity contribution in [1.82, 2.24) is 5.32 Å². The Morgan fingerprint density at radius 2 is 1.86 bits per heavy atom. The molecule has 2 aromatic heterocycles. The SMILES string of the molecule is Cc1cc(NC(=O)c2ccco2)sc1C(=O)NCc1ccc(OC(F)(F)F)cc1. The number of ether oxygens (including phenoxy) is 1. The van der Waals surface area contributed by atoms with Gasteiger partial charge in [0.1, 0.15) is 5.75 Å². The van der Waals surface area contributed by atoms with E-state index in [2.05, 4.69) is 15.4 Å². The number of anilines is 1. The number of hydrogen-bond acceptors (Lipinski definition) is 5. The normalized spacial score (nSPS) is 11.2. The van der Waals surface area contributed by atoms with Crippen LogP contribution in [-0.4, -0.2) is 18.2 Å². The molecule has 0 atom stereocenters. The number of aryl methyl sites for hydroxylation is 1. The number of nitrogens with one attached hydrogen (secondary N) is 2. The van der Waals surface area contributed by atoms with Crippen LogP contribution in [0, 0.1) is 6.92 Å². The molecule has 6 nitrogen and oxygen atoms in total. The fraction of sp³-hybridized carbons (Fsp3) is 0.158. The van der Waals surface area contributed by atoms with Gasteiger partial charge >= 0.3 is 6.36 Å². The van der Waals surface area contributed by atoms with Crippen molar-refractivity contribution in [3.05, 3.63) is 70.5 Å². The number of hydrogen-bond donors (Lipinski definition) is 2. The lowest BCUT2D eigenvalue weighted by atomic mass is 10.2. The average Bonchev–Trinajstić information content (AvgIpc) is 3.29. The van der Waals surface area contributed by atoms with Gasteiger partial charge in [-0.1, -0.05) is 12.1 Å². The van der Waals surface area contributed by atoms with E-state index < -0.39 is 12.3 Å². The number of benzene rings is 1. The standard InChI is InChI=1S/C19H15F3N2O4S/c1-11-9-15(24-17(25)14-3-2-8-27-14)29-16(11)18(26)23-10-12-4-6-13(7-5-12)28-19(20,21)22/h2-9H,10H2,1H3,(H,23,26)(H,24,25). The van der Waals surface area contributed by atoms with Crippen LogP contribution in [0.2, 0.25) is 0 Å². The van der Waals surface area contributed by atoms with Gasteiger partial charge in [-0.2, -0.15) is 0 Å². The summed E-state index contributed by atoms with van der Waals surface area (Å²) in [6, 6.07) is 9.99. The molecule has 2 N–H and O–H groups in total. The molecule has 2 amide bonds. The lowest BCUT2D eigenvalue weighted by molar-refractivity contribution is -0.274. The van der Waals surface area contributed by atoms with E-state index in [4.69, 9.17) is 4.42 Å². The molecule has 0 aliphatic heterocycles. The Balaban J connectivity index is 1.58. The molecule has 0 saturated carbocycles. The third-order valence-electron chi connectivity index (χ3n) is 3.72. The zero-order valence-corrected chi connectivity index (χ0v) is 15.8. The fourth-order valence-electron chi connectivity index (χ4n) is 2.42. The zero-order chi connectivity index (χ0) is 21.0. The molecule has 3 rings (SSSR count). The second kappa shape index (κ2) is 8.39. The molecule has 152 valence electrons. The highest BCUT2D eigenvalue weighted by molar-refractivity contribution is 7.18. The molecule has 3 aromatic rings. The first-order chi connectivity index (χ1) is 13.7. The summed E-state index contributed by atoms with van der Waals surface area (Å²) in [5.74, 6) is -0.968. The smallest absolute Gasteiger partial charge is 0.459 e. The van der Waals surface area contributed by atoms with Gasteiger partial charge in [0, 0.05) is 6.54 Å². The summed E-state index contributed by atoms with van der Waals surface area (Å²) < 4.78 is 45.3. The van der Waals surface area contributed by atoms with Gasteiger partial charge in [-0.3, -0.25) is 9.59 Å². The molecule has 0 aliphatic rings. The van der Waals surface area contributed by atoms with E-state index in [1.807, 2.05) is 0 Å². The third-order valence-corrected chi connectivity index (χ3v) is 4.87. The van der Waals surface area contributed by atoms with Crippen LogP contribution in [0.5, 0.6) is 5.75 Å². The molecule has 0 unspecified atom stereocenters. The van der Waals surface area contributed by atoms with E-state index in [9.17, 15) is 22.8 Å². The predicted molar refractivity (Wildman–Crippen MR) is 100 cm³/mol. The molecule has 0 spiro atoms. The monoisotopic (exact) mass is 424 g/mol. The van der Waals surface area contributed by atoms with Crippen LogP contribution in [0.1, 0.15) is 31.4 Å². The van der Waals surface area contributed by atoms with Gasteiger partial charge in [0.25, 0.3) is 11.8 Å². The molecule has 0 aliphatic carbocycles. The Bertz CT molecular complexity index is 996. The first-order valence-corrected chi connectivity index (χ1v) is 9.11. The van der Waals surface area contributed by atoms with E-state index >= 15 is 0 Å². The van der Waals surface area contributed by atoms with Crippen molar-refractivity contribution in [1.29, 1.82) is 0 Å². The number of halogens is 3. The van der Waals surface area contributed by atoms with E-state index in [1.54, 1.807) is 19.1 Å². The van der Waals surface area contributed by atoms with Gasteiger partial charge in [0.2, 0.25) is 0 Å². The van der Waals surface area contributed by atoms with Gasteiger partial charge in [-0.05, 0) is 48.4 Å². The van der Waals surface area contributed by atoms with Crippen molar-refractivity contribution in [2.24, 2.45) is 0 Å². The summed E-state index contributed by atoms with van der Waals surface area (Å²) in [6.07, 6.45) is -3.37. The Kier molecular flexibility index (Phi) is 5.92. The second-order valence-electron chi connectivity index (χ2n) is 5.93. The molecular weight excluding hydrogens is 409 g/mol. The van der Waals surface area contributed by atoms with Gasteiger partial charge in [-0.25, -0.2) is 0 Å². The molecular formula is C19H15F3N2O4S. The van der Waals surface area contributed by atoms with Crippen LogP contribution in [0.25, 0.3) is 0 Å². The Morgan fingerprint density at radius 3 is 2.48 bits per heavy atom. The summed E-state index contributed by atoms with van der Waals surface area (Å²) in [5.41, 5.74) is 1.28. The van der Waals surface area contributed by atoms with Gasteiger partial charge in [-0.15, -0.1) is 24.5 Å². The van der Waals surface area contributed by atoms with E-state index in [0.717, 1.165) is 11.3 Å². The number of rotatable bonds is 6. The van der Waals surface area contributed by atoms with Crippen LogP contribution in [-0.2, 0) is 6.54 Å². The van der Waals surface area contributed by atoms with Crippen molar-refractivity contribution < 1.29 is 31.9 Å². The minimum atomic E-state index is -4.75. The summed E-state index contributed by atoms with van der Waals surface area (Å²) in [5, 5.41) is 5.84. The highest BCUT2D eigenvalue weighted by Crippen LogP contribution is 2.27. The van der Waals surface area contributed by atoms with Crippen LogP contribution in [0.4, 0.5) is 18.2 Å². The van der Waals surface area contributed by atoms with Crippen molar-refractivity contribution in [2.45, 2.75) is 19.8 Å². The van der Waals surface area contributed by atoms with Crippen LogP contribution >= 0.6 is 11.3 Å². The molecule has 0 fully saturated rings. The molecule has 1 aromatic carbocycles. The summed E-state index contributed by atoms with van der Waals surface area (Å²) in [6.45, 7) is 1.85. The van der Waals surface area contributed by atoms with Crippen LogP contribution in [0.15, 0.2) is 53.1 Å². The predicted octanol–water partition coefficient (Wildman–Crippen LogP) is 4.73. The Morgan fingerprint density at radius 1 is 1.14 bits per heavy atom. The zero-order valence-electron chi connectivity index (χ0n) is 15.0. The van der Waals surface area contributed by atoms with Gasteiger partial charge in [0.05, 0.1) is 16.1 Å². The topological polar surface area (TPSA) is 80.6 Å². The third kappa shape index (κ3) is 5.61. The highest BCUT2D eigenvalue weighted by atomic mass is 32.1. The lowest BCUT2D eigenvalue weighted by Crippen LogP contribution is -2.22. The van der Waals surface area contributed by atoms with Gasteiger partial charge in [0.15, 0.2) is 5.76 Å². The number of carbonyl (C=O) groups is 2. The highest BCUT2D eigenvalue weighted by Gasteiger charge is 2.30. The largest absolute Gasteiger partial charge is 0.573 e. The minimum absolute atomic E-state index is 0.122. The first kappa shape index (κ1) is 20.5. The minimum Gasteiger partial charge on any atom is -0.459 e. The number of alkyl halides is 3. The van der Waals surface area contributed by atoms with Crippen molar-refractivity contribution in [2.75, 3.05) is 5.32 Å². The molecule has 0 radical (unpaired) electrons. The Hall–Kier alpha value is -3.27. The summed E-state index contributed by atoms with van der Waals surface area (Å²) >= 11 is 1.11. The molecule has 0 bridgehead atoms. The summed E-state index contributed by atoms with van der Waals surface area (Å²) in [7, 11) is 0. The Labute approximate surface area is 167 Å². The maximum atomic E-state index is 12.4. The van der Waals surface area contributed by atoms with Crippen molar-refractivity contribution in [3.63, 3.8) is 0 Å². The first-order valence-electron chi connectivity index (χ1n) is 8.29. The maximum absolute atomic E-state index is 12.4. The quantitative estimate of drug-likeness (QED) is 0.600. The maximum Gasteiger partial charge on any atom is 0.573 e. The summed E-state index contributed by atoms with van der Waals surface area (Å²) in [4.78, 5) is 24.8. The number of furan rings is 1. The van der Waals surface area contributed by atoms with E-state index in [0.29, 0.717) is 21.0 Å². The van der Waals surface area contributed by atoms with Crippen LogP contribution in [0.3, 0.4) is 0 Å². The van der Waals surface area contributed by atoms with Crippen molar-refractivity contribution in [3.8, 4) is 5.75 Å². The second-order valence-corrected chi connectivity index (χ2v) is 6.98. The lowest BCUT2D eigenvalue weighted by Gasteiger charge is -2.09. The van der Waals surface area contributed by atoms with E-state index in [1.165, 1.54) is 36.6 Å². The van der Waals surface area contributed by atoms with Crippen LogP contribution < -0.4 is 15.4 Å². The van der Waals surface area contributed by atoms with Crippen molar-refractivity contribution >= 4 is 28.2 Å². The fourth-order valence-corrected chi connectivity index (χ4v) is 3.41. The molecule has 29 heavy (non-hydrogen) atoms. The number of carbonyl (C=O) groups excluding carboxylic acids is 2. The average molecular weight is 424 g/mol.